The number of aromatic amines is 1. The van der Waals surface area contributed by atoms with E-state index in [9.17, 15) is 9.18 Å². The van der Waals surface area contributed by atoms with Gasteiger partial charge in [0.15, 0.2) is 3.95 Å². The van der Waals surface area contributed by atoms with Crippen molar-refractivity contribution in [2.75, 3.05) is 5.32 Å². The molecule has 1 heterocycles. The van der Waals surface area contributed by atoms with Gasteiger partial charge in [-0.25, -0.2) is 4.39 Å². The molecule has 0 saturated heterocycles. The van der Waals surface area contributed by atoms with Gasteiger partial charge in [0.25, 0.3) is 0 Å². The predicted molar refractivity (Wildman–Crippen MR) is 77.7 cm³/mol. The largest absolute Gasteiger partial charge is 0.341 e. The molecule has 0 aliphatic rings. The average molecular weight is 296 g/mol. The molecule has 2 N–H and O–H groups in total. The lowest BCUT2D eigenvalue weighted by Gasteiger charge is -2.05. The number of amides is 1. The standard InChI is InChI=1S/C13H13FN2OS2/c1-7-3-4-9(5-10(7)14)16-12(17)6-11-8(2)15-13(18)19-11/h3-5H,6H2,1-2H3,(H,15,18)(H,16,17). The lowest BCUT2D eigenvalue weighted by molar-refractivity contribution is -0.115. The zero-order valence-electron chi connectivity index (χ0n) is 10.5. The first-order valence-electron chi connectivity index (χ1n) is 5.70. The number of carbonyl (C=O) groups excluding carboxylic acids is 1. The first-order chi connectivity index (χ1) is 8.95. The summed E-state index contributed by atoms with van der Waals surface area (Å²) in [4.78, 5) is 15.7. The summed E-state index contributed by atoms with van der Waals surface area (Å²) in [6, 6.07) is 4.64. The first kappa shape index (κ1) is 13.9. The van der Waals surface area contributed by atoms with Crippen molar-refractivity contribution in [1.82, 2.24) is 4.98 Å². The van der Waals surface area contributed by atoms with Gasteiger partial charge in [-0.3, -0.25) is 4.79 Å². The Morgan fingerprint density at radius 2 is 2.21 bits per heavy atom. The van der Waals surface area contributed by atoms with E-state index in [4.69, 9.17) is 12.2 Å². The van der Waals surface area contributed by atoms with Gasteiger partial charge < -0.3 is 10.3 Å². The summed E-state index contributed by atoms with van der Waals surface area (Å²) in [5.41, 5.74) is 1.92. The molecule has 1 amide bonds. The van der Waals surface area contributed by atoms with E-state index in [2.05, 4.69) is 10.3 Å². The van der Waals surface area contributed by atoms with Gasteiger partial charge in [-0.05, 0) is 43.8 Å². The Kier molecular flexibility index (Phi) is 4.11. The summed E-state index contributed by atoms with van der Waals surface area (Å²) in [7, 11) is 0. The molecular formula is C13H13FN2OS2. The molecule has 2 rings (SSSR count). The Morgan fingerprint density at radius 1 is 1.47 bits per heavy atom. The van der Waals surface area contributed by atoms with Gasteiger partial charge in [0.05, 0.1) is 6.42 Å². The summed E-state index contributed by atoms with van der Waals surface area (Å²) >= 11 is 6.40. The summed E-state index contributed by atoms with van der Waals surface area (Å²) in [6.07, 6.45) is 0.235. The quantitative estimate of drug-likeness (QED) is 0.847. The highest BCUT2D eigenvalue weighted by Crippen LogP contribution is 2.17. The third-order valence-electron chi connectivity index (χ3n) is 2.70. The third-order valence-corrected chi connectivity index (χ3v) is 4.04. The second-order valence-corrected chi connectivity index (χ2v) is 6.02. The summed E-state index contributed by atoms with van der Waals surface area (Å²) in [6.45, 7) is 3.55. The third kappa shape index (κ3) is 3.48. The number of rotatable bonds is 3. The number of hydrogen-bond acceptors (Lipinski definition) is 3. The van der Waals surface area contributed by atoms with E-state index in [1.165, 1.54) is 17.4 Å². The Bertz CT molecular complexity index is 676. The van der Waals surface area contributed by atoms with Gasteiger partial charge in [0.1, 0.15) is 5.82 Å². The lowest BCUT2D eigenvalue weighted by Crippen LogP contribution is -2.14. The van der Waals surface area contributed by atoms with Crippen molar-refractivity contribution in [3.8, 4) is 0 Å². The van der Waals surface area contributed by atoms with Crippen LogP contribution in [0.2, 0.25) is 0 Å². The van der Waals surface area contributed by atoms with E-state index in [1.807, 2.05) is 6.92 Å². The molecule has 0 saturated carbocycles. The number of hydrogen-bond donors (Lipinski definition) is 2. The van der Waals surface area contributed by atoms with E-state index in [-0.39, 0.29) is 18.1 Å². The minimum atomic E-state index is -0.328. The van der Waals surface area contributed by atoms with Crippen LogP contribution in [0, 0.1) is 23.6 Å². The van der Waals surface area contributed by atoms with Crippen molar-refractivity contribution in [2.24, 2.45) is 0 Å². The van der Waals surface area contributed by atoms with Crippen molar-refractivity contribution in [3.63, 3.8) is 0 Å². The number of nitrogens with one attached hydrogen (secondary N) is 2. The zero-order valence-corrected chi connectivity index (χ0v) is 12.2. The van der Waals surface area contributed by atoms with Gasteiger partial charge in [-0.15, -0.1) is 11.3 Å². The van der Waals surface area contributed by atoms with Crippen molar-refractivity contribution >= 4 is 35.1 Å². The average Bonchev–Trinajstić information content (AvgIpc) is 2.62. The Labute approximate surface area is 119 Å². The van der Waals surface area contributed by atoms with Crippen molar-refractivity contribution < 1.29 is 9.18 Å². The van der Waals surface area contributed by atoms with E-state index in [0.717, 1.165) is 10.6 Å². The summed E-state index contributed by atoms with van der Waals surface area (Å²) in [5.74, 6) is -0.511. The molecule has 1 aromatic heterocycles. The lowest BCUT2D eigenvalue weighted by atomic mass is 10.2. The first-order valence-corrected chi connectivity index (χ1v) is 6.93. The second-order valence-electron chi connectivity index (χ2n) is 4.25. The molecule has 0 fully saturated rings. The molecule has 2 aromatic rings. The zero-order chi connectivity index (χ0) is 14.0. The highest BCUT2D eigenvalue weighted by molar-refractivity contribution is 7.73. The van der Waals surface area contributed by atoms with Crippen molar-refractivity contribution in [3.05, 3.63) is 44.1 Å². The molecule has 100 valence electrons. The summed E-state index contributed by atoms with van der Waals surface area (Å²) in [5, 5.41) is 2.67. The fraction of sp³-hybridized carbons (Fsp3) is 0.231. The second kappa shape index (κ2) is 5.63. The minimum absolute atomic E-state index is 0.184. The molecule has 0 radical (unpaired) electrons. The van der Waals surface area contributed by atoms with Crippen LogP contribution in [0.5, 0.6) is 0 Å². The maximum atomic E-state index is 13.4. The number of thiazole rings is 1. The number of halogens is 1. The maximum Gasteiger partial charge on any atom is 0.229 e. The molecule has 6 heteroatoms. The predicted octanol–water partition coefficient (Wildman–Crippen LogP) is 3.74. The Hall–Kier alpha value is -1.53. The smallest absolute Gasteiger partial charge is 0.229 e. The van der Waals surface area contributed by atoms with E-state index >= 15 is 0 Å². The van der Waals surface area contributed by atoms with Gasteiger partial charge >= 0.3 is 0 Å². The Morgan fingerprint density at radius 3 is 2.79 bits per heavy atom. The van der Waals surface area contributed by atoms with E-state index in [0.29, 0.717) is 15.2 Å². The molecule has 0 spiro atoms. The molecule has 0 aliphatic heterocycles. The fourth-order valence-electron chi connectivity index (χ4n) is 1.63. The van der Waals surface area contributed by atoms with Crippen LogP contribution < -0.4 is 5.32 Å². The molecule has 0 aliphatic carbocycles. The minimum Gasteiger partial charge on any atom is -0.341 e. The van der Waals surface area contributed by atoms with Crippen LogP contribution in [0.1, 0.15) is 16.1 Å². The molecular weight excluding hydrogens is 283 g/mol. The van der Waals surface area contributed by atoms with E-state index < -0.39 is 0 Å². The van der Waals surface area contributed by atoms with Gasteiger partial charge in [-0.2, -0.15) is 0 Å². The molecule has 0 bridgehead atoms. The maximum absolute atomic E-state index is 13.4. The topological polar surface area (TPSA) is 44.9 Å². The molecule has 0 atom stereocenters. The van der Waals surface area contributed by atoms with Gasteiger partial charge in [0, 0.05) is 16.3 Å². The monoisotopic (exact) mass is 296 g/mol. The van der Waals surface area contributed by atoms with Crippen LogP contribution in [-0.2, 0) is 11.2 Å². The number of anilines is 1. The molecule has 0 unspecified atom stereocenters. The SMILES string of the molecule is Cc1ccc(NC(=O)Cc2sc(=S)[nH]c2C)cc1F. The fourth-order valence-corrected chi connectivity index (χ4v) is 2.92. The number of aryl methyl sites for hydroxylation is 2. The molecule has 19 heavy (non-hydrogen) atoms. The van der Waals surface area contributed by atoms with Crippen LogP contribution in [0.15, 0.2) is 18.2 Å². The number of H-pyrrole nitrogens is 1. The number of aromatic nitrogens is 1. The van der Waals surface area contributed by atoms with Crippen LogP contribution in [0.3, 0.4) is 0 Å². The van der Waals surface area contributed by atoms with Crippen LogP contribution >= 0.6 is 23.6 Å². The Balaban J connectivity index is 2.07. The highest BCUT2D eigenvalue weighted by atomic mass is 32.1. The van der Waals surface area contributed by atoms with Crippen LogP contribution in [0.25, 0.3) is 0 Å². The number of benzene rings is 1. The summed E-state index contributed by atoms with van der Waals surface area (Å²) < 4.78 is 14.0. The normalized spacial score (nSPS) is 10.5. The highest BCUT2D eigenvalue weighted by Gasteiger charge is 2.09. The molecule has 3 nitrogen and oxygen atoms in total. The van der Waals surface area contributed by atoms with E-state index in [1.54, 1.807) is 19.1 Å². The van der Waals surface area contributed by atoms with Crippen LogP contribution in [-0.4, -0.2) is 10.9 Å². The van der Waals surface area contributed by atoms with Crippen LogP contribution in [0.4, 0.5) is 10.1 Å². The van der Waals surface area contributed by atoms with Crippen molar-refractivity contribution in [1.29, 1.82) is 0 Å². The van der Waals surface area contributed by atoms with Gasteiger partial charge in [0.2, 0.25) is 5.91 Å². The van der Waals surface area contributed by atoms with Crippen molar-refractivity contribution in [2.45, 2.75) is 20.3 Å². The number of carbonyl (C=O) groups is 1. The van der Waals surface area contributed by atoms with Gasteiger partial charge in [-0.1, -0.05) is 6.07 Å². The molecule has 1 aromatic carbocycles.